The molecular formula is C14H21N3O. The van der Waals surface area contributed by atoms with Crippen molar-refractivity contribution in [2.45, 2.75) is 26.4 Å². The molecular weight excluding hydrogens is 226 g/mol. The highest BCUT2D eigenvalue weighted by Crippen LogP contribution is 2.14. The van der Waals surface area contributed by atoms with Crippen molar-refractivity contribution in [3.8, 4) is 0 Å². The van der Waals surface area contributed by atoms with Gasteiger partial charge in [-0.15, -0.1) is 0 Å². The van der Waals surface area contributed by atoms with Crippen LogP contribution in [-0.4, -0.2) is 36.5 Å². The number of nitrogens with zero attached hydrogens (tertiary/aromatic N) is 1. The van der Waals surface area contributed by atoms with Crippen LogP contribution in [0.4, 0.5) is 0 Å². The van der Waals surface area contributed by atoms with Crippen LogP contribution in [0.1, 0.15) is 16.7 Å². The van der Waals surface area contributed by atoms with Gasteiger partial charge in [0.1, 0.15) is 6.04 Å². The maximum Gasteiger partial charge on any atom is 0.236 e. The Morgan fingerprint density at radius 2 is 2.06 bits per heavy atom. The third-order valence-corrected chi connectivity index (χ3v) is 3.35. The molecule has 0 saturated carbocycles. The van der Waals surface area contributed by atoms with Gasteiger partial charge >= 0.3 is 0 Å². The van der Waals surface area contributed by atoms with Crippen molar-refractivity contribution < 1.29 is 4.79 Å². The van der Waals surface area contributed by atoms with Gasteiger partial charge in [0.25, 0.3) is 0 Å². The third kappa shape index (κ3) is 3.09. The molecule has 1 heterocycles. The van der Waals surface area contributed by atoms with E-state index >= 15 is 0 Å². The van der Waals surface area contributed by atoms with Gasteiger partial charge in [0.15, 0.2) is 0 Å². The zero-order valence-corrected chi connectivity index (χ0v) is 11.1. The smallest absolute Gasteiger partial charge is 0.236 e. The Hall–Kier alpha value is -1.39. The molecule has 98 valence electrons. The first-order valence-corrected chi connectivity index (χ1v) is 6.37. The second kappa shape index (κ2) is 5.50. The molecule has 1 fully saturated rings. The zero-order valence-electron chi connectivity index (χ0n) is 11.1. The second-order valence-corrected chi connectivity index (χ2v) is 5.09. The van der Waals surface area contributed by atoms with Gasteiger partial charge in [-0.25, -0.2) is 0 Å². The molecule has 1 amide bonds. The molecule has 1 aromatic carbocycles. The second-order valence-electron chi connectivity index (χ2n) is 5.09. The first-order valence-electron chi connectivity index (χ1n) is 6.37. The Bertz CT molecular complexity index is 424. The lowest BCUT2D eigenvalue weighted by atomic mass is 10.1. The average Bonchev–Trinajstić information content (AvgIpc) is 2.27. The Kier molecular flexibility index (Phi) is 3.99. The summed E-state index contributed by atoms with van der Waals surface area (Å²) in [6.45, 7) is 7.41. The molecule has 0 spiro atoms. The number of nitrogens with two attached hydrogens (primary N) is 1. The Labute approximate surface area is 108 Å². The Morgan fingerprint density at radius 3 is 2.67 bits per heavy atom. The summed E-state index contributed by atoms with van der Waals surface area (Å²) in [6, 6.07) is 6.31. The van der Waals surface area contributed by atoms with E-state index in [2.05, 4.69) is 42.3 Å². The molecule has 4 nitrogen and oxygen atoms in total. The molecule has 1 aliphatic heterocycles. The first-order chi connectivity index (χ1) is 8.56. The predicted octanol–water partition coefficient (Wildman–Crippen LogP) is 0.563. The quantitative estimate of drug-likeness (QED) is 0.820. The van der Waals surface area contributed by atoms with Gasteiger partial charge in [-0.3, -0.25) is 9.69 Å². The summed E-state index contributed by atoms with van der Waals surface area (Å²) in [7, 11) is 0. The van der Waals surface area contributed by atoms with Gasteiger partial charge in [-0.2, -0.15) is 0 Å². The fourth-order valence-electron chi connectivity index (χ4n) is 2.61. The van der Waals surface area contributed by atoms with Gasteiger partial charge in [-0.1, -0.05) is 29.3 Å². The molecule has 4 heteroatoms. The Morgan fingerprint density at radius 1 is 1.39 bits per heavy atom. The van der Waals surface area contributed by atoms with Crippen LogP contribution < -0.4 is 11.1 Å². The van der Waals surface area contributed by atoms with Gasteiger partial charge in [0, 0.05) is 26.2 Å². The normalized spacial score (nSPS) is 20.9. The van der Waals surface area contributed by atoms with Crippen molar-refractivity contribution in [2.75, 3.05) is 19.6 Å². The van der Waals surface area contributed by atoms with Crippen LogP contribution in [0.2, 0.25) is 0 Å². The van der Waals surface area contributed by atoms with E-state index in [1.54, 1.807) is 0 Å². The number of carbonyl (C=O) groups excluding carboxylic acids is 1. The molecule has 0 aromatic heterocycles. The number of rotatable bonds is 3. The van der Waals surface area contributed by atoms with Crippen molar-refractivity contribution in [2.24, 2.45) is 5.73 Å². The summed E-state index contributed by atoms with van der Waals surface area (Å²) >= 11 is 0. The van der Waals surface area contributed by atoms with E-state index in [1.807, 2.05) is 0 Å². The van der Waals surface area contributed by atoms with E-state index in [0.717, 1.165) is 19.6 Å². The van der Waals surface area contributed by atoms with E-state index in [4.69, 9.17) is 5.73 Å². The van der Waals surface area contributed by atoms with Crippen molar-refractivity contribution in [3.05, 3.63) is 34.9 Å². The van der Waals surface area contributed by atoms with Crippen LogP contribution in [0.15, 0.2) is 18.2 Å². The predicted molar refractivity (Wildman–Crippen MR) is 72.2 cm³/mol. The van der Waals surface area contributed by atoms with E-state index in [0.29, 0.717) is 6.54 Å². The van der Waals surface area contributed by atoms with Crippen molar-refractivity contribution in [3.63, 3.8) is 0 Å². The lowest BCUT2D eigenvalue weighted by Crippen LogP contribution is -2.56. The van der Waals surface area contributed by atoms with Crippen LogP contribution in [0.25, 0.3) is 0 Å². The molecule has 0 bridgehead atoms. The minimum absolute atomic E-state index is 0.195. The van der Waals surface area contributed by atoms with Crippen LogP contribution in [0, 0.1) is 13.8 Å². The number of primary amides is 1. The van der Waals surface area contributed by atoms with Gasteiger partial charge < -0.3 is 11.1 Å². The highest BCUT2D eigenvalue weighted by Gasteiger charge is 2.26. The number of nitrogens with one attached hydrogen (secondary N) is 1. The number of carbonyl (C=O) groups is 1. The minimum atomic E-state index is -0.244. The topological polar surface area (TPSA) is 58.4 Å². The fourth-order valence-corrected chi connectivity index (χ4v) is 2.61. The van der Waals surface area contributed by atoms with Crippen LogP contribution in [-0.2, 0) is 11.3 Å². The molecule has 0 aliphatic carbocycles. The largest absolute Gasteiger partial charge is 0.368 e. The number of hydrogen-bond acceptors (Lipinski definition) is 3. The van der Waals surface area contributed by atoms with E-state index in [-0.39, 0.29) is 11.9 Å². The van der Waals surface area contributed by atoms with Crippen LogP contribution in [0.3, 0.4) is 0 Å². The number of aryl methyl sites for hydroxylation is 2. The monoisotopic (exact) mass is 247 g/mol. The van der Waals surface area contributed by atoms with E-state index < -0.39 is 0 Å². The highest BCUT2D eigenvalue weighted by molar-refractivity contribution is 5.80. The lowest BCUT2D eigenvalue weighted by Gasteiger charge is -2.34. The Balaban J connectivity index is 2.13. The molecule has 1 unspecified atom stereocenters. The van der Waals surface area contributed by atoms with Crippen molar-refractivity contribution in [1.29, 1.82) is 0 Å². The average molecular weight is 247 g/mol. The molecule has 1 aliphatic rings. The lowest BCUT2D eigenvalue weighted by molar-refractivity contribution is -0.124. The molecule has 1 saturated heterocycles. The zero-order chi connectivity index (χ0) is 13.1. The van der Waals surface area contributed by atoms with Gasteiger partial charge in [0.2, 0.25) is 5.91 Å². The molecule has 1 atom stereocenters. The maximum absolute atomic E-state index is 11.4. The van der Waals surface area contributed by atoms with Crippen LogP contribution in [0.5, 0.6) is 0 Å². The third-order valence-electron chi connectivity index (χ3n) is 3.35. The summed E-state index contributed by atoms with van der Waals surface area (Å²) in [5, 5.41) is 3.21. The molecule has 1 aromatic rings. The van der Waals surface area contributed by atoms with Gasteiger partial charge in [-0.05, 0) is 19.4 Å². The van der Waals surface area contributed by atoms with Crippen LogP contribution >= 0.6 is 0 Å². The number of benzene rings is 1. The summed E-state index contributed by atoms with van der Waals surface area (Å²) in [5.41, 5.74) is 9.22. The molecule has 3 N–H and O–H groups in total. The SMILES string of the molecule is Cc1cc(C)cc(CN2CCNCC2C(N)=O)c1. The summed E-state index contributed by atoms with van der Waals surface area (Å²) in [4.78, 5) is 13.6. The highest BCUT2D eigenvalue weighted by atomic mass is 16.1. The molecule has 0 radical (unpaired) electrons. The van der Waals surface area contributed by atoms with Crippen molar-refractivity contribution in [1.82, 2.24) is 10.2 Å². The van der Waals surface area contributed by atoms with Crippen molar-refractivity contribution >= 4 is 5.91 Å². The number of amides is 1. The summed E-state index contributed by atoms with van der Waals surface area (Å²) in [6.07, 6.45) is 0. The summed E-state index contributed by atoms with van der Waals surface area (Å²) in [5.74, 6) is -0.244. The summed E-state index contributed by atoms with van der Waals surface area (Å²) < 4.78 is 0. The number of piperazine rings is 1. The fraction of sp³-hybridized carbons (Fsp3) is 0.500. The molecule has 2 rings (SSSR count). The maximum atomic E-state index is 11.4. The molecule has 18 heavy (non-hydrogen) atoms. The standard InChI is InChI=1S/C14H21N3O/c1-10-5-11(2)7-12(6-10)9-17-4-3-16-8-13(17)14(15)18/h5-7,13,16H,3-4,8-9H2,1-2H3,(H2,15,18). The first kappa shape index (κ1) is 13.1. The van der Waals surface area contributed by atoms with Gasteiger partial charge in [0.05, 0.1) is 0 Å². The van der Waals surface area contributed by atoms with E-state index in [1.165, 1.54) is 16.7 Å². The van der Waals surface area contributed by atoms with E-state index in [9.17, 15) is 4.79 Å². The number of hydrogen-bond donors (Lipinski definition) is 2. The minimum Gasteiger partial charge on any atom is -0.368 e.